The Bertz CT molecular complexity index is 3430. The SMILES string of the molecule is c1ccc(-c2cccc(-c3nc(-c4ccccc4)nc(-n4c5ccccc5c5cc(-c6ccc7c(c6)c6cccc8c9ccsc9n7c68)ccc54)n3)c2)cc1. The second kappa shape index (κ2) is 11.7. The number of hydrogen-bond donors (Lipinski definition) is 0. The Kier molecular flexibility index (Phi) is 6.44. The fourth-order valence-corrected chi connectivity index (χ4v) is 9.44. The zero-order chi connectivity index (χ0) is 36.0. The lowest BCUT2D eigenvalue weighted by Gasteiger charge is -2.12. The fourth-order valence-electron chi connectivity index (χ4n) is 8.50. The highest BCUT2D eigenvalue weighted by atomic mass is 32.1. The number of nitrogens with zero attached hydrogens (tertiary/aromatic N) is 5. The molecule has 12 aromatic rings. The first-order chi connectivity index (χ1) is 27.3. The van der Waals surface area contributed by atoms with Crippen molar-refractivity contribution in [1.82, 2.24) is 23.9 Å². The largest absolute Gasteiger partial charge is 0.300 e. The third-order valence-electron chi connectivity index (χ3n) is 11.0. The average molecular weight is 720 g/mol. The molecule has 0 saturated heterocycles. The van der Waals surface area contributed by atoms with Gasteiger partial charge in [-0.15, -0.1) is 11.3 Å². The quantitative estimate of drug-likeness (QED) is 0.178. The molecular formula is C49H29N5S. The van der Waals surface area contributed by atoms with Crippen LogP contribution in [-0.4, -0.2) is 23.9 Å². The molecule has 256 valence electrons. The maximum absolute atomic E-state index is 5.22. The van der Waals surface area contributed by atoms with Crippen molar-refractivity contribution in [2.45, 2.75) is 0 Å². The van der Waals surface area contributed by atoms with Gasteiger partial charge in [-0.3, -0.25) is 8.97 Å². The smallest absolute Gasteiger partial charge is 0.238 e. The third-order valence-corrected chi connectivity index (χ3v) is 11.9. The first-order valence-electron chi connectivity index (χ1n) is 18.4. The predicted molar refractivity (Wildman–Crippen MR) is 228 cm³/mol. The van der Waals surface area contributed by atoms with E-state index in [-0.39, 0.29) is 0 Å². The van der Waals surface area contributed by atoms with Gasteiger partial charge in [0.1, 0.15) is 4.83 Å². The molecule has 0 aliphatic heterocycles. The average Bonchev–Trinajstić information content (AvgIpc) is 4.02. The van der Waals surface area contributed by atoms with Crippen LogP contribution < -0.4 is 0 Å². The van der Waals surface area contributed by atoms with Crippen molar-refractivity contribution in [3.8, 4) is 51.0 Å². The highest BCUT2D eigenvalue weighted by Gasteiger charge is 2.21. The monoisotopic (exact) mass is 719 g/mol. The van der Waals surface area contributed by atoms with Gasteiger partial charge >= 0.3 is 0 Å². The second-order valence-corrected chi connectivity index (χ2v) is 15.0. The zero-order valence-corrected chi connectivity index (χ0v) is 30.2. The summed E-state index contributed by atoms with van der Waals surface area (Å²) in [6.07, 6.45) is 0. The molecule has 0 saturated carbocycles. The van der Waals surface area contributed by atoms with Gasteiger partial charge in [0.15, 0.2) is 11.6 Å². The lowest BCUT2D eigenvalue weighted by Crippen LogP contribution is -2.06. The van der Waals surface area contributed by atoms with Gasteiger partial charge in [0.2, 0.25) is 5.95 Å². The summed E-state index contributed by atoms with van der Waals surface area (Å²) >= 11 is 1.81. The number of thiophene rings is 1. The summed E-state index contributed by atoms with van der Waals surface area (Å²) in [7, 11) is 0. The summed E-state index contributed by atoms with van der Waals surface area (Å²) in [6, 6.07) is 60.3. The predicted octanol–water partition coefficient (Wildman–Crippen LogP) is 12.8. The van der Waals surface area contributed by atoms with Crippen molar-refractivity contribution in [3.63, 3.8) is 0 Å². The molecule has 5 nitrogen and oxygen atoms in total. The molecule has 0 spiro atoms. The molecule has 0 atom stereocenters. The van der Waals surface area contributed by atoms with Crippen LogP contribution in [0.2, 0.25) is 0 Å². The van der Waals surface area contributed by atoms with E-state index in [1.807, 2.05) is 35.6 Å². The van der Waals surface area contributed by atoms with Crippen LogP contribution in [0.25, 0.3) is 110 Å². The van der Waals surface area contributed by atoms with E-state index in [0.29, 0.717) is 17.6 Å². The van der Waals surface area contributed by atoms with Crippen molar-refractivity contribution in [3.05, 3.63) is 175 Å². The summed E-state index contributed by atoms with van der Waals surface area (Å²) in [5.41, 5.74) is 11.1. The third kappa shape index (κ3) is 4.55. The highest BCUT2D eigenvalue weighted by Crippen LogP contribution is 2.42. The Labute approximate surface area is 319 Å². The Hall–Kier alpha value is -7.15. The van der Waals surface area contributed by atoms with Crippen LogP contribution in [0.3, 0.4) is 0 Å². The number of aromatic nitrogens is 5. The number of hydrogen-bond acceptors (Lipinski definition) is 4. The van der Waals surface area contributed by atoms with Gasteiger partial charge in [0.25, 0.3) is 0 Å². The first-order valence-corrected chi connectivity index (χ1v) is 19.3. The van der Waals surface area contributed by atoms with Crippen LogP contribution in [0.15, 0.2) is 175 Å². The molecule has 0 bridgehead atoms. The van der Waals surface area contributed by atoms with Crippen LogP contribution in [0, 0.1) is 0 Å². The van der Waals surface area contributed by atoms with Crippen molar-refractivity contribution >= 4 is 70.6 Å². The lowest BCUT2D eigenvalue weighted by molar-refractivity contribution is 0.953. The first kappa shape index (κ1) is 30.3. The van der Waals surface area contributed by atoms with Gasteiger partial charge in [-0.2, -0.15) is 9.97 Å². The molecule has 55 heavy (non-hydrogen) atoms. The molecule has 0 aliphatic carbocycles. The molecule has 0 amide bonds. The maximum Gasteiger partial charge on any atom is 0.238 e. The van der Waals surface area contributed by atoms with Crippen molar-refractivity contribution in [1.29, 1.82) is 0 Å². The molecule has 7 aromatic carbocycles. The van der Waals surface area contributed by atoms with Gasteiger partial charge in [-0.1, -0.05) is 127 Å². The fraction of sp³-hybridized carbons (Fsp3) is 0. The number of para-hydroxylation sites is 2. The van der Waals surface area contributed by atoms with E-state index in [4.69, 9.17) is 15.0 Å². The van der Waals surface area contributed by atoms with Crippen molar-refractivity contribution < 1.29 is 0 Å². The van der Waals surface area contributed by atoms with Gasteiger partial charge < -0.3 is 0 Å². The minimum Gasteiger partial charge on any atom is -0.300 e. The summed E-state index contributed by atoms with van der Waals surface area (Å²) in [4.78, 5) is 16.8. The summed E-state index contributed by atoms with van der Waals surface area (Å²) in [5, 5.41) is 9.72. The van der Waals surface area contributed by atoms with E-state index < -0.39 is 0 Å². The molecule has 6 heteroatoms. The molecule has 0 unspecified atom stereocenters. The van der Waals surface area contributed by atoms with Gasteiger partial charge in [-0.05, 0) is 70.1 Å². The van der Waals surface area contributed by atoms with E-state index in [9.17, 15) is 0 Å². The summed E-state index contributed by atoms with van der Waals surface area (Å²) in [5.74, 6) is 1.84. The van der Waals surface area contributed by atoms with Crippen molar-refractivity contribution in [2.75, 3.05) is 0 Å². The Morgan fingerprint density at radius 3 is 1.73 bits per heavy atom. The molecular weight excluding hydrogens is 691 g/mol. The van der Waals surface area contributed by atoms with Gasteiger partial charge in [0, 0.05) is 43.4 Å². The number of rotatable bonds is 5. The summed E-state index contributed by atoms with van der Waals surface area (Å²) in [6.45, 7) is 0. The molecule has 5 heterocycles. The topological polar surface area (TPSA) is 48.0 Å². The Morgan fingerprint density at radius 2 is 0.927 bits per heavy atom. The van der Waals surface area contributed by atoms with Crippen LogP contribution >= 0.6 is 11.3 Å². The number of benzene rings is 7. The van der Waals surface area contributed by atoms with E-state index >= 15 is 0 Å². The van der Waals surface area contributed by atoms with Gasteiger partial charge in [-0.25, -0.2) is 4.98 Å². The maximum atomic E-state index is 5.22. The minimum atomic E-state index is 0.584. The minimum absolute atomic E-state index is 0.584. The molecule has 0 fully saturated rings. The molecule has 12 rings (SSSR count). The van der Waals surface area contributed by atoms with E-state index in [0.717, 1.165) is 44.1 Å². The van der Waals surface area contributed by atoms with Crippen LogP contribution in [0.1, 0.15) is 0 Å². The summed E-state index contributed by atoms with van der Waals surface area (Å²) < 4.78 is 4.64. The van der Waals surface area contributed by atoms with Crippen LogP contribution in [0.5, 0.6) is 0 Å². The van der Waals surface area contributed by atoms with Crippen LogP contribution in [0.4, 0.5) is 0 Å². The second-order valence-electron chi connectivity index (χ2n) is 14.1. The number of fused-ring (bicyclic) bond motifs is 9. The molecule has 0 radical (unpaired) electrons. The van der Waals surface area contributed by atoms with E-state index in [2.05, 4.69) is 160 Å². The van der Waals surface area contributed by atoms with Gasteiger partial charge in [0.05, 0.1) is 22.1 Å². The normalized spacial score (nSPS) is 12.0. The Morgan fingerprint density at radius 1 is 0.364 bits per heavy atom. The standard InChI is InChI=1S/C49H29N5S/c1-3-11-30(12-4-1)32-15-9-16-35(27-32)47-50-46(31-13-5-2-6-14-31)51-49(52-47)53-42-20-8-7-17-36(42)40-28-33(21-23-43(40)53)34-22-24-44-41(29-34)38-19-10-18-37-39-25-26-55-48(39)54(44)45(37)38/h1-29H. The van der Waals surface area contributed by atoms with E-state index in [1.165, 1.54) is 48.5 Å². The van der Waals surface area contributed by atoms with E-state index in [1.54, 1.807) is 0 Å². The zero-order valence-electron chi connectivity index (χ0n) is 29.4. The van der Waals surface area contributed by atoms with Crippen molar-refractivity contribution in [2.24, 2.45) is 0 Å². The molecule has 0 N–H and O–H groups in total. The highest BCUT2D eigenvalue weighted by molar-refractivity contribution is 7.17. The molecule has 0 aliphatic rings. The van der Waals surface area contributed by atoms with Crippen LogP contribution in [-0.2, 0) is 0 Å². The lowest BCUT2D eigenvalue weighted by atomic mass is 10.00. The Balaban J connectivity index is 1.05. The molecule has 5 aromatic heterocycles.